The molecule has 0 N–H and O–H groups in total. The first-order chi connectivity index (χ1) is 15.3. The predicted octanol–water partition coefficient (Wildman–Crippen LogP) is 2.46. The van der Waals surface area contributed by atoms with Crippen LogP contribution >= 0.6 is 24.0 Å². The lowest BCUT2D eigenvalue weighted by Crippen LogP contribution is -2.46. The molecule has 0 aromatic carbocycles. The third-order valence-electron chi connectivity index (χ3n) is 5.45. The fraction of sp³-hybridized carbons (Fsp3) is 0.455. The van der Waals surface area contributed by atoms with Gasteiger partial charge in [-0.1, -0.05) is 30.0 Å². The van der Waals surface area contributed by atoms with E-state index >= 15 is 0 Å². The van der Waals surface area contributed by atoms with Crippen molar-refractivity contribution in [3.8, 4) is 0 Å². The summed E-state index contributed by atoms with van der Waals surface area (Å²) in [4.78, 5) is 35.4. The summed E-state index contributed by atoms with van der Waals surface area (Å²) in [6, 6.07) is 3.74. The number of rotatable bonds is 5. The largest absolute Gasteiger partial charge is 0.383 e. The number of anilines is 1. The molecule has 32 heavy (non-hydrogen) atoms. The summed E-state index contributed by atoms with van der Waals surface area (Å²) in [6.45, 7) is 7.90. The molecule has 4 rings (SSSR count). The van der Waals surface area contributed by atoms with E-state index in [4.69, 9.17) is 26.7 Å². The first-order valence-electron chi connectivity index (χ1n) is 10.5. The Morgan fingerprint density at radius 1 is 1.31 bits per heavy atom. The lowest BCUT2D eigenvalue weighted by Gasteiger charge is -2.36. The first kappa shape index (κ1) is 22.9. The van der Waals surface area contributed by atoms with Crippen molar-refractivity contribution in [2.45, 2.75) is 33.0 Å². The van der Waals surface area contributed by atoms with Crippen LogP contribution in [0, 0.1) is 6.92 Å². The Kier molecular flexibility index (Phi) is 6.66. The van der Waals surface area contributed by atoms with Crippen molar-refractivity contribution in [2.24, 2.45) is 0 Å². The Morgan fingerprint density at radius 3 is 2.72 bits per heavy atom. The quantitative estimate of drug-likeness (QED) is 0.483. The Morgan fingerprint density at radius 2 is 2.03 bits per heavy atom. The molecule has 4 heterocycles. The second-order valence-corrected chi connectivity index (χ2v) is 9.70. The van der Waals surface area contributed by atoms with Gasteiger partial charge in [0.1, 0.15) is 15.8 Å². The number of morpholine rings is 1. The van der Waals surface area contributed by atoms with Crippen molar-refractivity contribution in [3.63, 3.8) is 0 Å². The Bertz CT molecular complexity index is 1150. The highest BCUT2D eigenvalue weighted by atomic mass is 32.2. The number of carbonyl (C=O) groups excluding carboxylic acids is 1. The Balaban J connectivity index is 1.85. The number of hydrogen-bond acceptors (Lipinski definition) is 8. The lowest BCUT2D eigenvalue weighted by atomic mass is 10.1. The number of amides is 1. The third kappa shape index (κ3) is 4.32. The van der Waals surface area contributed by atoms with E-state index < -0.39 is 0 Å². The fourth-order valence-electron chi connectivity index (χ4n) is 4.03. The highest BCUT2D eigenvalue weighted by Gasteiger charge is 2.33. The fourth-order valence-corrected chi connectivity index (χ4v) is 5.32. The summed E-state index contributed by atoms with van der Waals surface area (Å²) in [7, 11) is 1.58. The van der Waals surface area contributed by atoms with Gasteiger partial charge >= 0.3 is 0 Å². The van der Waals surface area contributed by atoms with E-state index in [1.54, 1.807) is 19.4 Å². The van der Waals surface area contributed by atoms with E-state index in [0.717, 1.165) is 5.56 Å². The average molecular weight is 475 g/mol. The molecule has 2 aromatic heterocycles. The number of thioether (sulfide) groups is 1. The number of fused-ring (bicyclic) bond motifs is 1. The average Bonchev–Trinajstić information content (AvgIpc) is 3.00. The minimum atomic E-state index is -0.222. The summed E-state index contributed by atoms with van der Waals surface area (Å²) in [5.41, 5.74) is 1.66. The molecule has 2 atom stereocenters. The first-order valence-corrected chi connectivity index (χ1v) is 11.7. The number of methoxy groups -OCH3 is 1. The number of pyridine rings is 1. The van der Waals surface area contributed by atoms with Gasteiger partial charge in [0.2, 0.25) is 0 Å². The molecule has 170 valence electrons. The molecule has 10 heteroatoms. The number of ether oxygens (including phenoxy) is 2. The van der Waals surface area contributed by atoms with E-state index in [-0.39, 0.29) is 23.7 Å². The van der Waals surface area contributed by atoms with Crippen LogP contribution in [0.3, 0.4) is 0 Å². The summed E-state index contributed by atoms with van der Waals surface area (Å²) < 4.78 is 12.9. The van der Waals surface area contributed by atoms with Crippen LogP contribution in [0.15, 0.2) is 28.0 Å². The van der Waals surface area contributed by atoms with Crippen LogP contribution in [0.2, 0.25) is 0 Å². The Hall–Kier alpha value is -2.27. The smallest absolute Gasteiger partial charge is 0.267 e. The van der Waals surface area contributed by atoms with Crippen LogP contribution in [-0.2, 0) is 14.3 Å². The molecule has 0 unspecified atom stereocenters. The van der Waals surface area contributed by atoms with Gasteiger partial charge in [-0.25, -0.2) is 4.98 Å². The molecule has 2 fully saturated rings. The second-order valence-electron chi connectivity index (χ2n) is 8.03. The molecule has 2 aromatic rings. The zero-order valence-electron chi connectivity index (χ0n) is 18.5. The topological polar surface area (TPSA) is 76.4 Å². The zero-order chi connectivity index (χ0) is 23.0. The van der Waals surface area contributed by atoms with Crippen molar-refractivity contribution in [2.75, 3.05) is 38.3 Å². The van der Waals surface area contributed by atoms with E-state index in [0.29, 0.717) is 52.5 Å². The van der Waals surface area contributed by atoms with Crippen LogP contribution in [0.1, 0.15) is 25.0 Å². The van der Waals surface area contributed by atoms with E-state index in [9.17, 15) is 9.59 Å². The number of nitrogens with zero attached hydrogens (tertiary/aromatic N) is 4. The highest BCUT2D eigenvalue weighted by Crippen LogP contribution is 2.33. The molecule has 8 nitrogen and oxygen atoms in total. The monoisotopic (exact) mass is 474 g/mol. The maximum atomic E-state index is 13.6. The maximum absolute atomic E-state index is 13.6. The van der Waals surface area contributed by atoms with Crippen molar-refractivity contribution in [3.05, 3.63) is 44.7 Å². The molecule has 0 radical (unpaired) electrons. The van der Waals surface area contributed by atoms with Crippen LogP contribution < -0.4 is 10.5 Å². The van der Waals surface area contributed by atoms with Crippen molar-refractivity contribution in [1.29, 1.82) is 0 Å². The van der Waals surface area contributed by atoms with Crippen molar-refractivity contribution < 1.29 is 14.3 Å². The molecule has 2 aliphatic rings. The third-order valence-corrected chi connectivity index (χ3v) is 6.83. The molecule has 0 spiro atoms. The van der Waals surface area contributed by atoms with Gasteiger partial charge in [-0.3, -0.25) is 18.9 Å². The summed E-state index contributed by atoms with van der Waals surface area (Å²) in [6.07, 6.45) is 3.33. The number of hydrogen-bond donors (Lipinski definition) is 0. The second kappa shape index (κ2) is 9.30. The van der Waals surface area contributed by atoms with E-state index in [1.165, 1.54) is 21.1 Å². The summed E-state index contributed by atoms with van der Waals surface area (Å²) in [5.74, 6) is 0.342. The normalized spacial score (nSPS) is 23.1. The molecular weight excluding hydrogens is 448 g/mol. The number of carbonyl (C=O) groups is 1. The molecule has 0 bridgehead atoms. The number of aryl methyl sites for hydroxylation is 1. The van der Waals surface area contributed by atoms with Gasteiger partial charge in [0.15, 0.2) is 0 Å². The Labute approximate surface area is 196 Å². The number of thiocarbonyl (C=S) groups is 1. The van der Waals surface area contributed by atoms with Crippen molar-refractivity contribution >= 4 is 51.7 Å². The van der Waals surface area contributed by atoms with Crippen molar-refractivity contribution in [1.82, 2.24) is 14.3 Å². The van der Waals surface area contributed by atoms with Gasteiger partial charge in [0.05, 0.1) is 35.8 Å². The van der Waals surface area contributed by atoms with Gasteiger partial charge in [-0.2, -0.15) is 0 Å². The summed E-state index contributed by atoms with van der Waals surface area (Å²) >= 11 is 6.58. The molecule has 2 aliphatic heterocycles. The molecule has 0 aliphatic carbocycles. The number of aromatic nitrogens is 2. The van der Waals surface area contributed by atoms with Crippen LogP contribution in [-0.4, -0.2) is 70.1 Å². The highest BCUT2D eigenvalue weighted by molar-refractivity contribution is 8.26. The van der Waals surface area contributed by atoms with E-state index in [2.05, 4.69) is 4.90 Å². The van der Waals surface area contributed by atoms with Crippen LogP contribution in [0.4, 0.5) is 5.82 Å². The van der Waals surface area contributed by atoms with Gasteiger partial charge < -0.3 is 14.4 Å². The molecule has 1 amide bonds. The zero-order valence-corrected chi connectivity index (χ0v) is 20.2. The lowest BCUT2D eigenvalue weighted by molar-refractivity contribution is -0.122. The standard InChI is InChI=1S/C22H26N4O4S2/c1-13-6-5-7-25-18(13)23-19(24-11-14(2)30-15(3)12-24)16(20(25)27)10-17-21(28)26(8-9-29-4)22(31)32-17/h5-7,10,14-15H,8-9,11-12H2,1-4H3/b17-10-/t14-,15-/m0/s1. The maximum Gasteiger partial charge on any atom is 0.267 e. The van der Waals surface area contributed by atoms with Crippen LogP contribution in [0.25, 0.3) is 11.7 Å². The van der Waals surface area contributed by atoms with Gasteiger partial charge in [-0.05, 0) is 38.5 Å². The predicted molar refractivity (Wildman–Crippen MR) is 130 cm³/mol. The molecular formula is C22H26N4O4S2. The van der Waals surface area contributed by atoms with E-state index in [1.807, 2.05) is 32.9 Å². The van der Waals surface area contributed by atoms with Gasteiger partial charge in [0.25, 0.3) is 11.5 Å². The molecule has 0 saturated carbocycles. The van der Waals surface area contributed by atoms with Crippen LogP contribution in [0.5, 0.6) is 0 Å². The van der Waals surface area contributed by atoms with Gasteiger partial charge in [0, 0.05) is 26.4 Å². The minimum absolute atomic E-state index is 0.00373. The van der Waals surface area contributed by atoms with Gasteiger partial charge in [-0.15, -0.1) is 0 Å². The summed E-state index contributed by atoms with van der Waals surface area (Å²) in [5, 5.41) is 0. The molecule has 2 saturated heterocycles. The minimum Gasteiger partial charge on any atom is -0.383 e. The SMILES string of the molecule is COCCN1C(=O)/C(=C/c2c(N3C[C@H](C)O[C@@H](C)C3)nc3c(C)cccn3c2=O)SC1=S.